The van der Waals surface area contributed by atoms with Gasteiger partial charge in [0.15, 0.2) is 11.5 Å². The summed E-state index contributed by atoms with van der Waals surface area (Å²) < 4.78 is 5.59. The Bertz CT molecular complexity index is 907. The van der Waals surface area contributed by atoms with Gasteiger partial charge in [0.25, 0.3) is 5.56 Å². The minimum atomic E-state index is -0.160. The molecule has 0 saturated heterocycles. The van der Waals surface area contributed by atoms with Crippen molar-refractivity contribution in [1.29, 1.82) is 0 Å². The number of pyridine rings is 1. The van der Waals surface area contributed by atoms with Crippen LogP contribution in [-0.4, -0.2) is 15.9 Å². The summed E-state index contributed by atoms with van der Waals surface area (Å²) in [4.78, 5) is 31.0. The average Bonchev–Trinajstić information content (AvgIpc) is 2.94. The van der Waals surface area contributed by atoms with Crippen LogP contribution in [0, 0.1) is 13.8 Å². The van der Waals surface area contributed by atoms with Crippen molar-refractivity contribution >= 4 is 17.0 Å². The van der Waals surface area contributed by atoms with Gasteiger partial charge in [0, 0.05) is 30.6 Å². The lowest BCUT2D eigenvalue weighted by atomic mass is 10.1. The maximum Gasteiger partial charge on any atom is 0.253 e. The molecule has 0 unspecified atom stereocenters. The van der Waals surface area contributed by atoms with Gasteiger partial charge in [-0.1, -0.05) is 12.1 Å². The largest absolute Gasteiger partial charge is 0.441 e. The minimum Gasteiger partial charge on any atom is -0.441 e. The molecule has 0 saturated carbocycles. The Hall–Kier alpha value is -2.89. The van der Waals surface area contributed by atoms with E-state index in [9.17, 15) is 9.59 Å². The lowest BCUT2D eigenvalue weighted by Crippen LogP contribution is -2.28. The summed E-state index contributed by atoms with van der Waals surface area (Å²) in [5.41, 5.74) is 3.60. The van der Waals surface area contributed by atoms with Crippen LogP contribution in [0.25, 0.3) is 11.1 Å². The second-order valence-corrected chi connectivity index (χ2v) is 5.80. The number of oxazole rings is 1. The van der Waals surface area contributed by atoms with Crippen molar-refractivity contribution in [1.82, 2.24) is 15.3 Å². The fourth-order valence-electron chi connectivity index (χ4n) is 2.62. The highest BCUT2D eigenvalue weighted by molar-refractivity contribution is 5.76. The molecular formula is C18H19N3O3. The summed E-state index contributed by atoms with van der Waals surface area (Å²) in [7, 11) is 0. The number of H-pyrrole nitrogens is 1. The van der Waals surface area contributed by atoms with Gasteiger partial charge in [-0.2, -0.15) is 0 Å². The Balaban J connectivity index is 1.57. The Morgan fingerprint density at radius 3 is 2.83 bits per heavy atom. The van der Waals surface area contributed by atoms with Gasteiger partial charge in [0.05, 0.1) is 0 Å². The SMILES string of the molecule is Cc1cc(C)c(CNC(=O)CCc2nc3ccccc3o2)c(=O)[nH]1. The van der Waals surface area contributed by atoms with Crippen molar-refractivity contribution in [2.45, 2.75) is 33.2 Å². The van der Waals surface area contributed by atoms with Gasteiger partial charge in [-0.25, -0.2) is 4.98 Å². The number of carbonyl (C=O) groups excluding carboxylic acids is 1. The van der Waals surface area contributed by atoms with Gasteiger partial charge in [0.2, 0.25) is 5.91 Å². The number of aromatic nitrogens is 2. The van der Waals surface area contributed by atoms with Crippen LogP contribution in [0.4, 0.5) is 0 Å². The molecule has 1 amide bonds. The molecule has 2 heterocycles. The average molecular weight is 325 g/mol. The highest BCUT2D eigenvalue weighted by atomic mass is 16.3. The molecule has 3 rings (SSSR count). The molecule has 0 aliphatic carbocycles. The quantitative estimate of drug-likeness (QED) is 0.754. The summed E-state index contributed by atoms with van der Waals surface area (Å²) in [6, 6.07) is 9.38. The molecule has 124 valence electrons. The molecule has 24 heavy (non-hydrogen) atoms. The van der Waals surface area contributed by atoms with E-state index in [0.717, 1.165) is 22.4 Å². The summed E-state index contributed by atoms with van der Waals surface area (Å²) in [5.74, 6) is 0.396. The van der Waals surface area contributed by atoms with E-state index in [-0.39, 0.29) is 24.4 Å². The smallest absolute Gasteiger partial charge is 0.253 e. The predicted molar refractivity (Wildman–Crippen MR) is 90.7 cm³/mol. The van der Waals surface area contributed by atoms with E-state index in [1.165, 1.54) is 0 Å². The minimum absolute atomic E-state index is 0.142. The van der Waals surface area contributed by atoms with Crippen molar-refractivity contribution in [2.24, 2.45) is 0 Å². The number of rotatable bonds is 5. The number of para-hydroxylation sites is 2. The zero-order valence-corrected chi connectivity index (χ0v) is 13.7. The lowest BCUT2D eigenvalue weighted by molar-refractivity contribution is -0.121. The van der Waals surface area contributed by atoms with Crippen LogP contribution in [0.3, 0.4) is 0 Å². The first-order valence-corrected chi connectivity index (χ1v) is 7.83. The first-order valence-electron chi connectivity index (χ1n) is 7.83. The molecule has 6 heteroatoms. The molecule has 0 spiro atoms. The molecule has 2 N–H and O–H groups in total. The zero-order valence-electron chi connectivity index (χ0n) is 13.7. The van der Waals surface area contributed by atoms with Crippen LogP contribution in [0.15, 0.2) is 39.5 Å². The number of fused-ring (bicyclic) bond motifs is 1. The monoisotopic (exact) mass is 325 g/mol. The normalized spacial score (nSPS) is 10.9. The maximum atomic E-state index is 12.0. The van der Waals surface area contributed by atoms with Gasteiger partial charge in [-0.05, 0) is 37.6 Å². The summed E-state index contributed by atoms with van der Waals surface area (Å²) in [5, 5.41) is 2.78. The van der Waals surface area contributed by atoms with E-state index >= 15 is 0 Å². The third-order valence-corrected chi connectivity index (χ3v) is 3.86. The Morgan fingerprint density at radius 1 is 1.29 bits per heavy atom. The fraction of sp³-hybridized carbons (Fsp3) is 0.278. The van der Waals surface area contributed by atoms with Gasteiger partial charge >= 0.3 is 0 Å². The van der Waals surface area contributed by atoms with Crippen molar-refractivity contribution < 1.29 is 9.21 Å². The van der Waals surface area contributed by atoms with E-state index in [2.05, 4.69) is 15.3 Å². The molecule has 0 fully saturated rings. The second-order valence-electron chi connectivity index (χ2n) is 5.80. The van der Waals surface area contributed by atoms with Crippen molar-refractivity contribution in [3.05, 3.63) is 63.4 Å². The number of benzene rings is 1. The number of hydrogen-bond acceptors (Lipinski definition) is 4. The molecule has 1 aromatic carbocycles. The molecule has 0 atom stereocenters. The predicted octanol–water partition coefficient (Wildman–Crippen LogP) is 2.38. The highest BCUT2D eigenvalue weighted by Gasteiger charge is 2.10. The molecule has 0 aliphatic heterocycles. The van der Waals surface area contributed by atoms with Gasteiger partial charge in [-0.15, -0.1) is 0 Å². The first-order chi connectivity index (χ1) is 11.5. The fourth-order valence-corrected chi connectivity index (χ4v) is 2.62. The van der Waals surface area contributed by atoms with Crippen molar-refractivity contribution in [3.8, 4) is 0 Å². The first kappa shape index (κ1) is 16.0. The standard InChI is InChI=1S/C18H19N3O3/c1-11-9-12(2)20-18(23)13(11)10-19-16(22)7-8-17-21-14-5-3-4-6-15(14)24-17/h3-6,9H,7-8,10H2,1-2H3,(H,19,22)(H,20,23). The number of nitrogens with zero attached hydrogens (tertiary/aromatic N) is 1. The molecule has 0 radical (unpaired) electrons. The molecular weight excluding hydrogens is 306 g/mol. The Kier molecular flexibility index (Phi) is 4.46. The Morgan fingerprint density at radius 2 is 2.08 bits per heavy atom. The van der Waals surface area contributed by atoms with Crippen LogP contribution in [0.1, 0.15) is 29.1 Å². The van der Waals surface area contributed by atoms with E-state index in [1.54, 1.807) is 0 Å². The van der Waals surface area contributed by atoms with E-state index in [4.69, 9.17) is 4.42 Å². The lowest BCUT2D eigenvalue weighted by Gasteiger charge is -2.07. The van der Waals surface area contributed by atoms with Gasteiger partial charge < -0.3 is 14.7 Å². The summed E-state index contributed by atoms with van der Waals surface area (Å²) in [6.07, 6.45) is 0.680. The van der Waals surface area contributed by atoms with Crippen LogP contribution in [0.2, 0.25) is 0 Å². The number of hydrogen-bond donors (Lipinski definition) is 2. The van der Waals surface area contributed by atoms with Crippen molar-refractivity contribution in [3.63, 3.8) is 0 Å². The van der Waals surface area contributed by atoms with E-state index in [0.29, 0.717) is 17.9 Å². The molecule has 2 aromatic heterocycles. The van der Waals surface area contributed by atoms with E-state index in [1.807, 2.05) is 44.2 Å². The third kappa shape index (κ3) is 3.53. The number of amides is 1. The maximum absolute atomic E-state index is 12.0. The molecule has 3 aromatic rings. The zero-order chi connectivity index (χ0) is 17.1. The number of aromatic amines is 1. The highest BCUT2D eigenvalue weighted by Crippen LogP contribution is 2.15. The number of nitrogens with one attached hydrogen (secondary N) is 2. The van der Waals surface area contributed by atoms with Crippen LogP contribution < -0.4 is 10.9 Å². The van der Waals surface area contributed by atoms with Crippen LogP contribution in [0.5, 0.6) is 0 Å². The molecule has 0 bridgehead atoms. The molecule has 0 aliphatic rings. The summed E-state index contributed by atoms with van der Waals surface area (Å²) in [6.45, 7) is 3.91. The van der Waals surface area contributed by atoms with Gasteiger partial charge in [-0.3, -0.25) is 9.59 Å². The van der Waals surface area contributed by atoms with Crippen molar-refractivity contribution in [2.75, 3.05) is 0 Å². The number of carbonyl (C=O) groups is 1. The second kappa shape index (κ2) is 6.70. The Labute approximate surface area is 138 Å². The third-order valence-electron chi connectivity index (χ3n) is 3.86. The van der Waals surface area contributed by atoms with Gasteiger partial charge in [0.1, 0.15) is 5.52 Å². The summed E-state index contributed by atoms with van der Waals surface area (Å²) >= 11 is 0. The topological polar surface area (TPSA) is 88.0 Å². The number of aryl methyl sites for hydroxylation is 3. The van der Waals surface area contributed by atoms with Crippen LogP contribution in [-0.2, 0) is 17.8 Å². The van der Waals surface area contributed by atoms with E-state index < -0.39 is 0 Å². The molecule has 6 nitrogen and oxygen atoms in total. The van der Waals surface area contributed by atoms with Crippen LogP contribution >= 0.6 is 0 Å².